The summed E-state index contributed by atoms with van der Waals surface area (Å²) in [6.45, 7) is 0. The number of phenols is 1. The Labute approximate surface area is 137 Å². The highest BCUT2D eigenvalue weighted by atomic mass is 32.1. The van der Waals surface area contributed by atoms with Crippen LogP contribution in [0.3, 0.4) is 0 Å². The fourth-order valence-corrected chi connectivity index (χ4v) is 2.68. The zero-order valence-corrected chi connectivity index (χ0v) is 13.2. The lowest BCUT2D eigenvalue weighted by atomic mass is 10.2. The Kier molecular flexibility index (Phi) is 4.54. The fourth-order valence-electron chi connectivity index (χ4n) is 2.02. The highest BCUT2D eigenvalue weighted by Crippen LogP contribution is 2.26. The van der Waals surface area contributed by atoms with Gasteiger partial charge in [-0.15, -0.1) is 11.3 Å². The first kappa shape index (κ1) is 15.1. The summed E-state index contributed by atoms with van der Waals surface area (Å²) < 4.78 is 5.00. The van der Waals surface area contributed by atoms with E-state index in [1.54, 1.807) is 24.4 Å². The van der Waals surface area contributed by atoms with Crippen LogP contribution in [0, 0.1) is 0 Å². The number of benzene rings is 2. The van der Waals surface area contributed by atoms with Crippen LogP contribution in [0.5, 0.6) is 11.5 Å². The Hall–Kier alpha value is -2.86. The molecule has 0 aliphatic carbocycles. The second-order valence-electron chi connectivity index (χ2n) is 4.71. The van der Waals surface area contributed by atoms with Crippen LogP contribution in [0.25, 0.3) is 11.3 Å². The summed E-state index contributed by atoms with van der Waals surface area (Å²) in [4.78, 5) is 4.48. The number of phenolic OH excluding ortho intramolecular Hbond substituents is 1. The first-order chi connectivity index (χ1) is 11.3. The summed E-state index contributed by atoms with van der Waals surface area (Å²) in [6.07, 6.45) is 1.61. The average molecular weight is 325 g/mol. The zero-order chi connectivity index (χ0) is 16.1. The van der Waals surface area contributed by atoms with Gasteiger partial charge in [0.15, 0.2) is 11.5 Å². The Morgan fingerprint density at radius 1 is 1.22 bits per heavy atom. The number of nitrogens with zero attached hydrogens (tertiary/aromatic N) is 2. The van der Waals surface area contributed by atoms with Crippen molar-refractivity contribution in [2.75, 3.05) is 12.5 Å². The molecule has 3 rings (SSSR count). The predicted octanol–water partition coefficient (Wildman–Crippen LogP) is 3.97. The Morgan fingerprint density at radius 2 is 2.04 bits per heavy atom. The lowest BCUT2D eigenvalue weighted by Crippen LogP contribution is -1.91. The van der Waals surface area contributed by atoms with E-state index in [9.17, 15) is 5.11 Å². The number of hydrogen-bond donors (Lipinski definition) is 2. The van der Waals surface area contributed by atoms with E-state index >= 15 is 0 Å². The van der Waals surface area contributed by atoms with Gasteiger partial charge in [0.2, 0.25) is 5.13 Å². The number of aromatic hydroxyl groups is 1. The number of ether oxygens (including phenoxy) is 1. The van der Waals surface area contributed by atoms with Crippen molar-refractivity contribution in [3.63, 3.8) is 0 Å². The Bertz CT molecular complexity index is 816. The Morgan fingerprint density at radius 3 is 2.78 bits per heavy atom. The first-order valence-corrected chi connectivity index (χ1v) is 7.81. The van der Waals surface area contributed by atoms with Crippen LogP contribution in [0.4, 0.5) is 5.13 Å². The molecule has 0 fully saturated rings. The molecule has 5 nitrogen and oxygen atoms in total. The average Bonchev–Trinajstić information content (AvgIpc) is 3.05. The van der Waals surface area contributed by atoms with Crippen molar-refractivity contribution in [2.45, 2.75) is 0 Å². The largest absolute Gasteiger partial charge is 0.504 e. The van der Waals surface area contributed by atoms with Crippen molar-refractivity contribution in [3.8, 4) is 22.8 Å². The number of hydrogen-bond acceptors (Lipinski definition) is 6. The van der Waals surface area contributed by atoms with Gasteiger partial charge in [0, 0.05) is 10.9 Å². The first-order valence-electron chi connectivity index (χ1n) is 6.93. The fraction of sp³-hybridized carbons (Fsp3) is 0.0588. The number of anilines is 1. The molecule has 2 N–H and O–H groups in total. The number of thiazole rings is 1. The van der Waals surface area contributed by atoms with Gasteiger partial charge in [0.25, 0.3) is 0 Å². The highest BCUT2D eigenvalue weighted by molar-refractivity contribution is 7.14. The number of aromatic nitrogens is 1. The van der Waals surface area contributed by atoms with Crippen molar-refractivity contribution < 1.29 is 9.84 Å². The maximum Gasteiger partial charge on any atom is 0.203 e. The summed E-state index contributed by atoms with van der Waals surface area (Å²) in [5.74, 6) is 0.514. The lowest BCUT2D eigenvalue weighted by Gasteiger charge is -2.02. The maximum absolute atomic E-state index is 9.72. The molecule has 0 bridgehead atoms. The van der Waals surface area contributed by atoms with Gasteiger partial charge < -0.3 is 9.84 Å². The summed E-state index contributed by atoms with van der Waals surface area (Å²) >= 11 is 1.48. The quantitative estimate of drug-likeness (QED) is 0.550. The standard InChI is InChI=1S/C17H15N3O2S/c1-22-16-8-7-12(9-15(16)21)10-18-20-17-19-14(11-23-17)13-5-3-2-4-6-13/h2-11,21H,1H3,(H,19,20)/b18-10+. The number of nitrogens with one attached hydrogen (secondary N) is 1. The molecule has 1 aromatic heterocycles. The van der Waals surface area contributed by atoms with Crippen LogP contribution < -0.4 is 10.2 Å². The molecule has 0 spiro atoms. The smallest absolute Gasteiger partial charge is 0.203 e. The van der Waals surface area contributed by atoms with Crippen molar-refractivity contribution in [1.82, 2.24) is 4.98 Å². The summed E-state index contributed by atoms with van der Waals surface area (Å²) in [7, 11) is 1.51. The number of methoxy groups -OCH3 is 1. The van der Waals surface area contributed by atoms with E-state index in [1.807, 2.05) is 35.7 Å². The van der Waals surface area contributed by atoms with Crippen molar-refractivity contribution in [3.05, 3.63) is 59.5 Å². The third-order valence-electron chi connectivity index (χ3n) is 3.15. The molecule has 23 heavy (non-hydrogen) atoms. The van der Waals surface area contributed by atoms with Crippen molar-refractivity contribution >= 4 is 22.7 Å². The molecule has 1 heterocycles. The molecule has 6 heteroatoms. The molecular weight excluding hydrogens is 310 g/mol. The third-order valence-corrected chi connectivity index (χ3v) is 3.90. The number of rotatable bonds is 5. The van der Waals surface area contributed by atoms with E-state index in [4.69, 9.17) is 4.74 Å². The monoisotopic (exact) mass is 325 g/mol. The van der Waals surface area contributed by atoms with Gasteiger partial charge in [-0.2, -0.15) is 5.10 Å². The van der Waals surface area contributed by atoms with E-state index in [0.717, 1.165) is 16.8 Å². The van der Waals surface area contributed by atoms with Gasteiger partial charge >= 0.3 is 0 Å². The van der Waals surface area contributed by atoms with Gasteiger partial charge in [0.05, 0.1) is 19.0 Å². The molecule has 0 radical (unpaired) electrons. The van der Waals surface area contributed by atoms with Crippen LogP contribution in [0.1, 0.15) is 5.56 Å². The molecule has 0 aliphatic heterocycles. The Balaban J connectivity index is 1.67. The second kappa shape index (κ2) is 6.93. The molecule has 0 atom stereocenters. The molecule has 0 saturated heterocycles. The normalized spacial score (nSPS) is 10.8. The summed E-state index contributed by atoms with van der Waals surface area (Å²) in [5, 5.41) is 16.5. The minimum Gasteiger partial charge on any atom is -0.504 e. The van der Waals surface area contributed by atoms with Gasteiger partial charge in [-0.25, -0.2) is 4.98 Å². The van der Waals surface area contributed by atoms with Gasteiger partial charge in [-0.05, 0) is 23.8 Å². The molecule has 0 unspecified atom stereocenters. The van der Waals surface area contributed by atoms with Crippen LogP contribution in [0.15, 0.2) is 59.0 Å². The van der Waals surface area contributed by atoms with Crippen LogP contribution in [-0.2, 0) is 0 Å². The van der Waals surface area contributed by atoms with Crippen LogP contribution >= 0.6 is 11.3 Å². The molecule has 116 valence electrons. The molecule has 3 aromatic rings. The summed E-state index contributed by atoms with van der Waals surface area (Å²) in [5.41, 5.74) is 5.64. The predicted molar refractivity (Wildman–Crippen MR) is 93.4 cm³/mol. The number of hydrazone groups is 1. The molecule has 0 saturated carbocycles. The minimum absolute atomic E-state index is 0.0806. The summed E-state index contributed by atoms with van der Waals surface area (Å²) in [6, 6.07) is 15.1. The van der Waals surface area contributed by atoms with Crippen molar-refractivity contribution in [1.29, 1.82) is 0 Å². The highest BCUT2D eigenvalue weighted by Gasteiger charge is 2.03. The topological polar surface area (TPSA) is 66.7 Å². The van der Waals surface area contributed by atoms with Gasteiger partial charge in [0.1, 0.15) is 0 Å². The van der Waals surface area contributed by atoms with Gasteiger partial charge in [-0.1, -0.05) is 30.3 Å². The van der Waals surface area contributed by atoms with E-state index in [2.05, 4.69) is 15.5 Å². The van der Waals surface area contributed by atoms with Crippen LogP contribution in [0.2, 0.25) is 0 Å². The van der Waals surface area contributed by atoms with E-state index < -0.39 is 0 Å². The van der Waals surface area contributed by atoms with E-state index in [-0.39, 0.29) is 5.75 Å². The molecule has 0 aliphatic rings. The minimum atomic E-state index is 0.0806. The molecular formula is C17H15N3O2S. The lowest BCUT2D eigenvalue weighted by molar-refractivity contribution is 0.373. The van der Waals surface area contributed by atoms with E-state index in [1.165, 1.54) is 18.4 Å². The maximum atomic E-state index is 9.72. The second-order valence-corrected chi connectivity index (χ2v) is 5.56. The zero-order valence-electron chi connectivity index (χ0n) is 12.4. The third kappa shape index (κ3) is 3.67. The van der Waals surface area contributed by atoms with Crippen LogP contribution in [-0.4, -0.2) is 23.4 Å². The van der Waals surface area contributed by atoms with Crippen molar-refractivity contribution in [2.24, 2.45) is 5.10 Å². The molecule has 0 amide bonds. The molecule has 2 aromatic carbocycles. The SMILES string of the molecule is COc1ccc(/C=N/Nc2nc(-c3ccccc3)cs2)cc1O. The van der Waals surface area contributed by atoms with E-state index in [0.29, 0.717) is 10.9 Å². The van der Waals surface area contributed by atoms with Gasteiger partial charge in [-0.3, -0.25) is 5.43 Å².